The lowest BCUT2D eigenvalue weighted by molar-refractivity contribution is 0.420. The van der Waals surface area contributed by atoms with Crippen molar-refractivity contribution < 1.29 is 9.84 Å². The van der Waals surface area contributed by atoms with Gasteiger partial charge < -0.3 is 9.84 Å². The molecule has 2 heterocycles. The van der Waals surface area contributed by atoms with E-state index >= 15 is 0 Å². The van der Waals surface area contributed by atoms with Crippen molar-refractivity contribution in [1.29, 1.82) is 5.26 Å². The molecule has 1 aliphatic carbocycles. The summed E-state index contributed by atoms with van der Waals surface area (Å²) in [6, 6.07) is 4.18. The Morgan fingerprint density at radius 3 is 2.59 bits per heavy atom. The van der Waals surface area contributed by atoms with Crippen LogP contribution in [0.3, 0.4) is 0 Å². The molecule has 0 saturated heterocycles. The van der Waals surface area contributed by atoms with Gasteiger partial charge in [0.2, 0.25) is 5.69 Å². The number of aromatic amines is 1. The van der Waals surface area contributed by atoms with Crippen LogP contribution in [-0.2, 0) is 0 Å². The third kappa shape index (κ3) is 3.65. The summed E-state index contributed by atoms with van der Waals surface area (Å²) in [5.74, 6) is 0.188. The minimum Gasteiger partial charge on any atom is -0.504 e. The van der Waals surface area contributed by atoms with Gasteiger partial charge in [0, 0.05) is 5.92 Å². The lowest BCUT2D eigenvalue weighted by atomic mass is 10.2. The molecule has 1 aliphatic rings. The predicted octanol–water partition coefficient (Wildman–Crippen LogP) is 2.26. The second kappa shape index (κ2) is 7.20. The van der Waals surface area contributed by atoms with Crippen LogP contribution in [0, 0.1) is 11.3 Å². The van der Waals surface area contributed by atoms with Crippen LogP contribution in [0.1, 0.15) is 30.1 Å². The molecule has 0 atom stereocenters. The van der Waals surface area contributed by atoms with Gasteiger partial charge in [-0.3, -0.25) is 9.78 Å². The molecule has 1 fully saturated rings. The minimum absolute atomic E-state index is 0.00977. The molecule has 0 amide bonds. The van der Waals surface area contributed by atoms with Crippen LogP contribution in [-0.4, -0.2) is 29.8 Å². The summed E-state index contributed by atoms with van der Waals surface area (Å²) in [6.45, 7) is 0. The Hall–Kier alpha value is -3.42. The van der Waals surface area contributed by atoms with E-state index in [1.54, 1.807) is 6.07 Å². The van der Waals surface area contributed by atoms with Crippen molar-refractivity contribution in [3.05, 3.63) is 60.6 Å². The van der Waals surface area contributed by atoms with E-state index < -0.39 is 16.9 Å². The minimum atomic E-state index is -0.901. The fraction of sp³-hybridized carbons (Fsp3) is 0.176. The van der Waals surface area contributed by atoms with Crippen molar-refractivity contribution in [2.24, 2.45) is 0 Å². The summed E-state index contributed by atoms with van der Waals surface area (Å²) in [4.78, 5) is 33.6. The van der Waals surface area contributed by atoms with Crippen LogP contribution in [0.15, 0.2) is 27.9 Å². The molecule has 4 rings (SSSR count). The van der Waals surface area contributed by atoms with Crippen LogP contribution in [0.2, 0.25) is 10.0 Å². The molecule has 0 bridgehead atoms. The Balaban J connectivity index is 1.72. The first-order valence-electron chi connectivity index (χ1n) is 8.24. The van der Waals surface area contributed by atoms with Gasteiger partial charge in [0.1, 0.15) is 6.07 Å². The third-order valence-corrected chi connectivity index (χ3v) is 4.66. The van der Waals surface area contributed by atoms with Gasteiger partial charge >= 0.3 is 11.7 Å². The standard InChI is InChI=1S/C17H10Cl2N6O4/c18-9-3-8(25-17(28)23-15(27)11(5-20)24-25)4-10(19)14(9)29-16-21-6-12(26)13(22-16)7-1-2-7/h3-4,6-7,26H,1-2H2,(H,23,27,28). The normalized spacial score (nSPS) is 13.1. The van der Waals surface area contributed by atoms with E-state index in [9.17, 15) is 14.7 Å². The molecule has 0 aliphatic heterocycles. The van der Waals surface area contributed by atoms with Crippen molar-refractivity contribution in [2.75, 3.05) is 0 Å². The number of H-pyrrole nitrogens is 1. The highest BCUT2D eigenvalue weighted by molar-refractivity contribution is 6.37. The summed E-state index contributed by atoms with van der Waals surface area (Å²) >= 11 is 12.5. The SMILES string of the molecule is N#Cc1nn(-c2cc(Cl)c(Oc3ncc(O)c(C4CC4)n3)c(Cl)c2)c(=O)[nH]c1=O. The van der Waals surface area contributed by atoms with Gasteiger partial charge in [-0.05, 0) is 25.0 Å². The van der Waals surface area contributed by atoms with Crippen LogP contribution >= 0.6 is 23.2 Å². The van der Waals surface area contributed by atoms with Gasteiger partial charge in [0.25, 0.3) is 5.56 Å². The molecule has 29 heavy (non-hydrogen) atoms. The Kier molecular flexibility index (Phi) is 4.70. The highest BCUT2D eigenvalue weighted by atomic mass is 35.5. The molecule has 10 nitrogen and oxygen atoms in total. The zero-order valence-corrected chi connectivity index (χ0v) is 15.9. The number of nitrogens with one attached hydrogen (secondary N) is 1. The van der Waals surface area contributed by atoms with E-state index in [-0.39, 0.29) is 39.2 Å². The largest absolute Gasteiger partial charge is 0.504 e. The van der Waals surface area contributed by atoms with Crippen LogP contribution in [0.5, 0.6) is 17.5 Å². The lowest BCUT2D eigenvalue weighted by Crippen LogP contribution is -2.33. The number of nitrogens with zero attached hydrogens (tertiary/aromatic N) is 5. The molecule has 3 aromatic rings. The first kappa shape index (κ1) is 18.9. The van der Waals surface area contributed by atoms with E-state index in [0.29, 0.717) is 5.69 Å². The second-order valence-electron chi connectivity index (χ2n) is 6.17. The van der Waals surface area contributed by atoms with Gasteiger partial charge in [-0.1, -0.05) is 23.2 Å². The van der Waals surface area contributed by atoms with E-state index in [0.717, 1.165) is 17.5 Å². The van der Waals surface area contributed by atoms with Crippen molar-refractivity contribution in [1.82, 2.24) is 24.7 Å². The molecule has 146 valence electrons. The molecule has 12 heteroatoms. The quantitative estimate of drug-likeness (QED) is 0.637. The maximum Gasteiger partial charge on any atom is 0.349 e. The first-order valence-corrected chi connectivity index (χ1v) is 9.00. The zero-order valence-electron chi connectivity index (χ0n) is 14.4. The topological polar surface area (TPSA) is 147 Å². The third-order valence-electron chi connectivity index (χ3n) is 4.09. The average Bonchev–Trinajstić information content (AvgIpc) is 3.51. The van der Waals surface area contributed by atoms with Crippen LogP contribution < -0.4 is 16.0 Å². The molecular formula is C17H10Cl2N6O4. The van der Waals surface area contributed by atoms with Crippen molar-refractivity contribution in [3.8, 4) is 29.3 Å². The van der Waals surface area contributed by atoms with Gasteiger partial charge in [-0.15, -0.1) is 5.10 Å². The van der Waals surface area contributed by atoms with Gasteiger partial charge in [0.15, 0.2) is 11.5 Å². The second-order valence-corrected chi connectivity index (χ2v) is 6.98. The van der Waals surface area contributed by atoms with Gasteiger partial charge in [-0.2, -0.15) is 19.9 Å². The van der Waals surface area contributed by atoms with E-state index in [1.807, 2.05) is 4.98 Å². The van der Waals surface area contributed by atoms with E-state index in [4.69, 9.17) is 33.2 Å². The van der Waals surface area contributed by atoms with Crippen LogP contribution in [0.4, 0.5) is 0 Å². The number of hydrogen-bond acceptors (Lipinski definition) is 8. The molecule has 1 aromatic carbocycles. The number of aromatic nitrogens is 5. The van der Waals surface area contributed by atoms with E-state index in [1.165, 1.54) is 18.3 Å². The Morgan fingerprint density at radius 2 is 1.97 bits per heavy atom. The first-order chi connectivity index (χ1) is 13.9. The maximum atomic E-state index is 12.0. The highest BCUT2D eigenvalue weighted by Crippen LogP contribution is 2.44. The van der Waals surface area contributed by atoms with Gasteiger partial charge in [0.05, 0.1) is 27.6 Å². The smallest absolute Gasteiger partial charge is 0.349 e. The Bertz CT molecular complexity index is 1270. The fourth-order valence-electron chi connectivity index (χ4n) is 2.58. The van der Waals surface area contributed by atoms with Crippen molar-refractivity contribution in [2.45, 2.75) is 18.8 Å². The predicted molar refractivity (Wildman–Crippen MR) is 101 cm³/mol. The number of ether oxygens (including phenoxy) is 1. The number of benzene rings is 1. The zero-order chi connectivity index (χ0) is 20.7. The number of aromatic hydroxyl groups is 1. The number of rotatable bonds is 4. The summed E-state index contributed by atoms with van der Waals surface area (Å²) in [7, 11) is 0. The van der Waals surface area contributed by atoms with Crippen molar-refractivity contribution in [3.63, 3.8) is 0 Å². The summed E-state index contributed by atoms with van der Waals surface area (Å²) in [5.41, 5.74) is -1.67. The number of nitriles is 1. The fourth-order valence-corrected chi connectivity index (χ4v) is 3.14. The Morgan fingerprint density at radius 1 is 1.28 bits per heavy atom. The van der Waals surface area contributed by atoms with E-state index in [2.05, 4.69) is 15.1 Å². The molecule has 0 spiro atoms. The molecule has 2 aromatic heterocycles. The monoisotopic (exact) mass is 432 g/mol. The average molecular weight is 433 g/mol. The van der Waals surface area contributed by atoms with Crippen molar-refractivity contribution >= 4 is 23.2 Å². The summed E-state index contributed by atoms with van der Waals surface area (Å²) in [5, 5.41) is 22.5. The molecule has 0 radical (unpaired) electrons. The lowest BCUT2D eigenvalue weighted by Gasteiger charge is -2.12. The molecule has 0 unspecified atom stereocenters. The number of hydrogen-bond donors (Lipinski definition) is 2. The Labute approximate surface area is 172 Å². The molecule has 1 saturated carbocycles. The summed E-state index contributed by atoms with van der Waals surface area (Å²) < 4.78 is 6.36. The summed E-state index contributed by atoms with van der Waals surface area (Å²) in [6.07, 6.45) is 3.08. The molecule has 2 N–H and O–H groups in total. The maximum absolute atomic E-state index is 12.0. The highest BCUT2D eigenvalue weighted by Gasteiger charge is 2.29. The van der Waals surface area contributed by atoms with Gasteiger partial charge in [-0.25, -0.2) is 4.79 Å². The molecular weight excluding hydrogens is 423 g/mol. The van der Waals surface area contributed by atoms with Crippen LogP contribution in [0.25, 0.3) is 5.69 Å². The number of halogens is 2.